The summed E-state index contributed by atoms with van der Waals surface area (Å²) >= 11 is 6.08. The Morgan fingerprint density at radius 1 is 1.19 bits per heavy atom. The Balaban J connectivity index is 1.87. The smallest absolute Gasteiger partial charge is 0.138 e. The fraction of sp³-hybridized carbons (Fsp3) is 0.294. The minimum atomic E-state index is -0.748. The fourth-order valence-electron chi connectivity index (χ4n) is 2.04. The molecule has 2 atom stereocenters. The monoisotopic (exact) mass is 305 g/mol. The summed E-state index contributed by atoms with van der Waals surface area (Å²) in [5.41, 5.74) is 8.17. The van der Waals surface area contributed by atoms with Crippen LogP contribution in [0.5, 0.6) is 5.75 Å². The van der Waals surface area contributed by atoms with Crippen LogP contribution in [-0.2, 0) is 6.42 Å². The van der Waals surface area contributed by atoms with Crippen molar-refractivity contribution >= 4 is 11.6 Å². The van der Waals surface area contributed by atoms with Crippen LogP contribution in [0.4, 0.5) is 0 Å². The maximum atomic E-state index is 10.1. The number of benzene rings is 2. The van der Waals surface area contributed by atoms with E-state index < -0.39 is 6.10 Å². The zero-order valence-electron chi connectivity index (χ0n) is 12.0. The van der Waals surface area contributed by atoms with Gasteiger partial charge in [0.15, 0.2) is 0 Å². The Bertz CT molecular complexity index is 574. The molecule has 2 aromatic carbocycles. The number of aliphatic hydroxyl groups excluding tert-OH is 1. The van der Waals surface area contributed by atoms with Crippen LogP contribution in [0.2, 0.25) is 5.02 Å². The second-order valence-electron chi connectivity index (χ2n) is 5.17. The highest BCUT2D eigenvalue weighted by atomic mass is 35.5. The second kappa shape index (κ2) is 7.46. The summed E-state index contributed by atoms with van der Waals surface area (Å²) in [6.07, 6.45) is -0.143. The molecule has 112 valence electrons. The normalized spacial score (nSPS) is 13.7. The molecule has 0 heterocycles. The second-order valence-corrected chi connectivity index (χ2v) is 5.57. The Morgan fingerprint density at radius 3 is 2.57 bits per heavy atom. The zero-order chi connectivity index (χ0) is 15.2. The van der Waals surface area contributed by atoms with E-state index in [0.29, 0.717) is 17.2 Å². The number of halogens is 1. The van der Waals surface area contributed by atoms with Crippen LogP contribution in [0, 0.1) is 6.92 Å². The number of hydrogen-bond donors (Lipinski definition) is 2. The Morgan fingerprint density at radius 2 is 1.90 bits per heavy atom. The van der Waals surface area contributed by atoms with E-state index in [2.05, 4.69) is 0 Å². The quantitative estimate of drug-likeness (QED) is 0.862. The summed E-state index contributed by atoms with van der Waals surface area (Å²) in [6, 6.07) is 15.0. The molecule has 2 unspecified atom stereocenters. The highest BCUT2D eigenvalue weighted by molar-refractivity contribution is 6.32. The molecule has 0 bridgehead atoms. The largest absolute Gasteiger partial charge is 0.489 e. The maximum absolute atomic E-state index is 10.1. The van der Waals surface area contributed by atoms with Gasteiger partial charge in [0.1, 0.15) is 18.5 Å². The molecule has 0 radical (unpaired) electrons. The van der Waals surface area contributed by atoms with Gasteiger partial charge in [-0.15, -0.1) is 0 Å². The van der Waals surface area contributed by atoms with Crippen LogP contribution in [0.15, 0.2) is 48.5 Å². The van der Waals surface area contributed by atoms with Crippen LogP contribution in [-0.4, -0.2) is 23.9 Å². The molecule has 0 amide bonds. The molecule has 0 aliphatic carbocycles. The van der Waals surface area contributed by atoms with Crippen molar-refractivity contribution < 1.29 is 9.84 Å². The Kier molecular flexibility index (Phi) is 5.62. The van der Waals surface area contributed by atoms with Gasteiger partial charge in [-0.2, -0.15) is 0 Å². The van der Waals surface area contributed by atoms with E-state index in [4.69, 9.17) is 22.1 Å². The molecular weight excluding hydrogens is 286 g/mol. The summed E-state index contributed by atoms with van der Waals surface area (Å²) in [4.78, 5) is 0. The summed E-state index contributed by atoms with van der Waals surface area (Å²) < 4.78 is 5.55. The van der Waals surface area contributed by atoms with Crippen molar-refractivity contribution in [3.63, 3.8) is 0 Å². The van der Waals surface area contributed by atoms with Gasteiger partial charge in [0.2, 0.25) is 0 Å². The first-order chi connectivity index (χ1) is 10.1. The average Bonchev–Trinajstić information content (AvgIpc) is 2.47. The van der Waals surface area contributed by atoms with Crippen molar-refractivity contribution in [1.82, 2.24) is 0 Å². The van der Waals surface area contributed by atoms with Gasteiger partial charge in [-0.05, 0) is 36.6 Å². The van der Waals surface area contributed by atoms with Gasteiger partial charge in [0.05, 0.1) is 5.02 Å². The summed E-state index contributed by atoms with van der Waals surface area (Å²) in [7, 11) is 0. The van der Waals surface area contributed by atoms with E-state index in [9.17, 15) is 5.11 Å². The van der Waals surface area contributed by atoms with Crippen molar-refractivity contribution in [2.24, 2.45) is 5.73 Å². The Hall–Kier alpha value is -1.55. The lowest BCUT2D eigenvalue weighted by molar-refractivity contribution is 0.0852. The molecule has 2 rings (SSSR count). The number of aryl methyl sites for hydroxylation is 1. The lowest BCUT2D eigenvalue weighted by Crippen LogP contribution is -2.40. The van der Waals surface area contributed by atoms with E-state index in [1.807, 2.05) is 49.4 Å². The average molecular weight is 306 g/mol. The molecular formula is C17H20ClNO2. The SMILES string of the molecule is Cc1ccc(OCC(O)C(N)Cc2ccccc2)c(Cl)c1. The number of aliphatic hydroxyl groups is 1. The molecule has 21 heavy (non-hydrogen) atoms. The van der Waals surface area contributed by atoms with Gasteiger partial charge < -0.3 is 15.6 Å². The molecule has 0 aliphatic heterocycles. The minimum absolute atomic E-state index is 0.122. The van der Waals surface area contributed by atoms with Gasteiger partial charge >= 0.3 is 0 Å². The van der Waals surface area contributed by atoms with E-state index in [1.54, 1.807) is 6.07 Å². The van der Waals surface area contributed by atoms with Crippen LogP contribution >= 0.6 is 11.6 Å². The molecule has 4 heteroatoms. The van der Waals surface area contributed by atoms with Crippen LogP contribution < -0.4 is 10.5 Å². The van der Waals surface area contributed by atoms with Gasteiger partial charge in [0, 0.05) is 6.04 Å². The maximum Gasteiger partial charge on any atom is 0.138 e. The third kappa shape index (κ3) is 4.74. The van der Waals surface area contributed by atoms with E-state index in [-0.39, 0.29) is 12.6 Å². The summed E-state index contributed by atoms with van der Waals surface area (Å²) in [6.45, 7) is 2.08. The lowest BCUT2D eigenvalue weighted by atomic mass is 10.0. The van der Waals surface area contributed by atoms with Gasteiger partial charge in [-0.3, -0.25) is 0 Å². The zero-order valence-corrected chi connectivity index (χ0v) is 12.8. The van der Waals surface area contributed by atoms with Gasteiger partial charge in [0.25, 0.3) is 0 Å². The van der Waals surface area contributed by atoms with E-state index >= 15 is 0 Å². The van der Waals surface area contributed by atoms with Crippen molar-refractivity contribution in [1.29, 1.82) is 0 Å². The number of hydrogen-bond acceptors (Lipinski definition) is 3. The molecule has 0 saturated heterocycles. The third-order valence-corrected chi connectivity index (χ3v) is 3.60. The molecule has 3 nitrogen and oxygen atoms in total. The van der Waals surface area contributed by atoms with Crippen molar-refractivity contribution in [3.05, 3.63) is 64.7 Å². The fourth-order valence-corrected chi connectivity index (χ4v) is 2.33. The summed E-state index contributed by atoms with van der Waals surface area (Å²) in [5.74, 6) is 0.563. The number of ether oxygens (including phenoxy) is 1. The predicted octanol–water partition coefficient (Wildman–Crippen LogP) is 2.96. The number of nitrogens with two attached hydrogens (primary N) is 1. The van der Waals surface area contributed by atoms with E-state index in [1.165, 1.54) is 0 Å². The van der Waals surface area contributed by atoms with Crippen LogP contribution in [0.3, 0.4) is 0 Å². The first-order valence-corrected chi connectivity index (χ1v) is 7.30. The first-order valence-electron chi connectivity index (χ1n) is 6.93. The molecule has 0 saturated carbocycles. The first kappa shape index (κ1) is 15.8. The van der Waals surface area contributed by atoms with Crippen LogP contribution in [0.25, 0.3) is 0 Å². The molecule has 0 aliphatic rings. The van der Waals surface area contributed by atoms with Crippen molar-refractivity contribution in [2.75, 3.05) is 6.61 Å². The van der Waals surface area contributed by atoms with Crippen LogP contribution in [0.1, 0.15) is 11.1 Å². The third-order valence-electron chi connectivity index (χ3n) is 3.31. The molecule has 0 spiro atoms. The highest BCUT2D eigenvalue weighted by Gasteiger charge is 2.16. The Labute approximate surface area is 130 Å². The summed E-state index contributed by atoms with van der Waals surface area (Å²) in [5, 5.41) is 10.6. The molecule has 0 fully saturated rings. The van der Waals surface area contributed by atoms with E-state index in [0.717, 1.165) is 11.1 Å². The highest BCUT2D eigenvalue weighted by Crippen LogP contribution is 2.25. The van der Waals surface area contributed by atoms with Gasteiger partial charge in [-0.25, -0.2) is 0 Å². The lowest BCUT2D eigenvalue weighted by Gasteiger charge is -2.19. The predicted molar refractivity (Wildman–Crippen MR) is 85.8 cm³/mol. The molecule has 3 N–H and O–H groups in total. The topological polar surface area (TPSA) is 55.5 Å². The van der Waals surface area contributed by atoms with Crippen molar-refractivity contribution in [3.8, 4) is 5.75 Å². The van der Waals surface area contributed by atoms with Gasteiger partial charge in [-0.1, -0.05) is 48.0 Å². The standard InChI is InChI=1S/C17H20ClNO2/c1-12-7-8-17(14(18)9-12)21-11-16(20)15(19)10-13-5-3-2-4-6-13/h2-9,15-16,20H,10-11,19H2,1H3. The minimum Gasteiger partial charge on any atom is -0.489 e. The molecule has 0 aromatic heterocycles. The number of rotatable bonds is 6. The van der Waals surface area contributed by atoms with Crippen molar-refractivity contribution in [2.45, 2.75) is 25.5 Å². The molecule has 2 aromatic rings.